The van der Waals surface area contributed by atoms with E-state index in [1.54, 1.807) is 0 Å². The second-order valence-electron chi connectivity index (χ2n) is 5.17. The Morgan fingerprint density at radius 1 is 1.00 bits per heavy atom. The summed E-state index contributed by atoms with van der Waals surface area (Å²) >= 11 is 9.55. The summed E-state index contributed by atoms with van der Waals surface area (Å²) in [5, 5.41) is 7.05. The highest BCUT2D eigenvalue weighted by Gasteiger charge is 2.11. The molecule has 0 unspecified atom stereocenters. The van der Waals surface area contributed by atoms with Crippen molar-refractivity contribution in [2.24, 2.45) is 0 Å². The summed E-state index contributed by atoms with van der Waals surface area (Å²) in [5.41, 5.74) is 9.40. The average Bonchev–Trinajstić information content (AvgIpc) is 2.56. The molecule has 122 valence electrons. The summed E-state index contributed by atoms with van der Waals surface area (Å²) in [7, 11) is 0. The normalized spacial score (nSPS) is 10.5. The molecule has 0 spiro atoms. The van der Waals surface area contributed by atoms with Crippen LogP contribution < -0.4 is 16.4 Å². The zero-order valence-corrected chi connectivity index (χ0v) is 15.2. The minimum absolute atomic E-state index is 0.424. The summed E-state index contributed by atoms with van der Waals surface area (Å²) in [5.74, 6) is 1.05. The third-order valence-corrected chi connectivity index (χ3v) is 4.39. The van der Waals surface area contributed by atoms with E-state index < -0.39 is 0 Å². The summed E-state index contributed by atoms with van der Waals surface area (Å²) in [6.07, 6.45) is 1.46. The van der Waals surface area contributed by atoms with E-state index in [1.165, 1.54) is 6.33 Å². The standard InChI is InChI=1S/C17H15BrClN5/c1-10-6-7-11(19)8-14(10)24-17-15(20)16(21-9-22-17)23-13-5-3-2-4-12(13)18/h2-9H,20H2,1H3,(H2,21,22,23,24). The SMILES string of the molecule is Cc1ccc(Cl)cc1Nc1ncnc(Nc2ccccc2Br)c1N. The third kappa shape index (κ3) is 3.60. The topological polar surface area (TPSA) is 75.9 Å². The lowest BCUT2D eigenvalue weighted by Crippen LogP contribution is -2.06. The van der Waals surface area contributed by atoms with Gasteiger partial charge in [0.25, 0.3) is 0 Å². The van der Waals surface area contributed by atoms with Crippen molar-refractivity contribution in [3.63, 3.8) is 0 Å². The number of hydrogen-bond donors (Lipinski definition) is 3. The second kappa shape index (κ2) is 7.07. The molecule has 0 aliphatic carbocycles. The molecule has 0 aliphatic rings. The first kappa shape index (κ1) is 16.5. The predicted molar refractivity (Wildman–Crippen MR) is 103 cm³/mol. The molecule has 0 radical (unpaired) electrons. The van der Waals surface area contributed by atoms with Crippen LogP contribution in [0.3, 0.4) is 0 Å². The van der Waals surface area contributed by atoms with Crippen LogP contribution in [0.4, 0.5) is 28.7 Å². The monoisotopic (exact) mass is 403 g/mol. The summed E-state index contributed by atoms with van der Waals surface area (Å²) in [6.45, 7) is 1.98. The summed E-state index contributed by atoms with van der Waals surface area (Å²) in [4.78, 5) is 8.45. The molecule has 7 heteroatoms. The number of nitrogens with one attached hydrogen (secondary N) is 2. The Morgan fingerprint density at radius 3 is 2.38 bits per heavy atom. The first-order valence-electron chi connectivity index (χ1n) is 7.20. The van der Waals surface area contributed by atoms with Crippen LogP contribution in [0.25, 0.3) is 0 Å². The Balaban J connectivity index is 1.91. The van der Waals surface area contributed by atoms with Crippen LogP contribution in [-0.2, 0) is 0 Å². The highest BCUT2D eigenvalue weighted by molar-refractivity contribution is 9.10. The molecular weight excluding hydrogens is 390 g/mol. The van der Waals surface area contributed by atoms with Crippen molar-refractivity contribution in [3.8, 4) is 0 Å². The molecule has 2 aromatic carbocycles. The molecule has 1 aromatic heterocycles. The zero-order valence-electron chi connectivity index (χ0n) is 12.8. The van der Waals surface area contributed by atoms with E-state index in [0.29, 0.717) is 22.3 Å². The zero-order chi connectivity index (χ0) is 17.1. The molecule has 4 N–H and O–H groups in total. The number of nitrogens with zero attached hydrogens (tertiary/aromatic N) is 2. The largest absolute Gasteiger partial charge is 0.393 e. The smallest absolute Gasteiger partial charge is 0.159 e. The number of aromatic nitrogens is 2. The Morgan fingerprint density at radius 2 is 1.67 bits per heavy atom. The van der Waals surface area contributed by atoms with Gasteiger partial charge < -0.3 is 16.4 Å². The average molecular weight is 405 g/mol. The molecule has 0 saturated carbocycles. The van der Waals surface area contributed by atoms with Crippen molar-refractivity contribution < 1.29 is 0 Å². The number of nitrogens with two attached hydrogens (primary N) is 1. The van der Waals surface area contributed by atoms with Gasteiger partial charge in [0.05, 0.1) is 5.69 Å². The van der Waals surface area contributed by atoms with E-state index >= 15 is 0 Å². The third-order valence-electron chi connectivity index (χ3n) is 3.46. The second-order valence-corrected chi connectivity index (χ2v) is 6.46. The van der Waals surface area contributed by atoms with Gasteiger partial charge in [-0.15, -0.1) is 0 Å². The molecule has 0 saturated heterocycles. The molecule has 0 atom stereocenters. The van der Waals surface area contributed by atoms with E-state index in [2.05, 4.69) is 36.5 Å². The number of aryl methyl sites for hydroxylation is 1. The van der Waals surface area contributed by atoms with Crippen LogP contribution in [0.15, 0.2) is 53.3 Å². The van der Waals surface area contributed by atoms with Gasteiger partial charge in [0.2, 0.25) is 0 Å². The van der Waals surface area contributed by atoms with Crippen molar-refractivity contribution in [3.05, 3.63) is 63.9 Å². The van der Waals surface area contributed by atoms with Gasteiger partial charge in [-0.3, -0.25) is 0 Å². The van der Waals surface area contributed by atoms with Crippen molar-refractivity contribution in [1.29, 1.82) is 0 Å². The van der Waals surface area contributed by atoms with Gasteiger partial charge in [-0.05, 0) is 52.7 Å². The summed E-state index contributed by atoms with van der Waals surface area (Å²) in [6, 6.07) is 13.3. The maximum atomic E-state index is 6.22. The van der Waals surface area contributed by atoms with E-state index in [-0.39, 0.29) is 0 Å². The highest BCUT2D eigenvalue weighted by atomic mass is 79.9. The maximum Gasteiger partial charge on any atom is 0.159 e. The molecule has 24 heavy (non-hydrogen) atoms. The van der Waals surface area contributed by atoms with Crippen molar-refractivity contribution >= 4 is 56.2 Å². The number of para-hydroxylation sites is 1. The van der Waals surface area contributed by atoms with Crippen LogP contribution in [-0.4, -0.2) is 9.97 Å². The van der Waals surface area contributed by atoms with E-state index in [1.807, 2.05) is 49.4 Å². The van der Waals surface area contributed by atoms with Gasteiger partial charge in [-0.1, -0.05) is 29.8 Å². The summed E-state index contributed by atoms with van der Waals surface area (Å²) < 4.78 is 0.920. The minimum Gasteiger partial charge on any atom is -0.393 e. The molecule has 0 bridgehead atoms. The van der Waals surface area contributed by atoms with Gasteiger partial charge in [-0.25, -0.2) is 9.97 Å². The van der Waals surface area contributed by atoms with Crippen LogP contribution in [0, 0.1) is 6.92 Å². The number of rotatable bonds is 4. The van der Waals surface area contributed by atoms with Gasteiger partial charge in [0.15, 0.2) is 11.6 Å². The fourth-order valence-electron chi connectivity index (χ4n) is 2.14. The quantitative estimate of drug-likeness (QED) is 0.552. The predicted octanol–water partition coefficient (Wildman–Crippen LogP) is 5.27. The van der Waals surface area contributed by atoms with Crippen LogP contribution >= 0.6 is 27.5 Å². The van der Waals surface area contributed by atoms with Crippen LogP contribution in [0.5, 0.6) is 0 Å². The fraction of sp³-hybridized carbons (Fsp3) is 0.0588. The molecule has 1 heterocycles. The highest BCUT2D eigenvalue weighted by Crippen LogP contribution is 2.32. The first-order chi connectivity index (χ1) is 11.5. The van der Waals surface area contributed by atoms with Crippen molar-refractivity contribution in [2.45, 2.75) is 6.92 Å². The lowest BCUT2D eigenvalue weighted by Gasteiger charge is -2.14. The molecular formula is C17H15BrClN5. The first-order valence-corrected chi connectivity index (χ1v) is 8.37. The maximum absolute atomic E-state index is 6.22. The number of nitrogen functional groups attached to an aromatic ring is 1. The molecule has 0 amide bonds. The van der Waals surface area contributed by atoms with Gasteiger partial charge in [0.1, 0.15) is 12.0 Å². The van der Waals surface area contributed by atoms with Gasteiger partial charge >= 0.3 is 0 Å². The van der Waals surface area contributed by atoms with Crippen LogP contribution in [0.2, 0.25) is 5.02 Å². The number of anilines is 5. The lowest BCUT2D eigenvalue weighted by atomic mass is 10.2. The Hall–Kier alpha value is -2.31. The molecule has 3 rings (SSSR count). The Bertz CT molecular complexity index is 885. The lowest BCUT2D eigenvalue weighted by molar-refractivity contribution is 1.17. The van der Waals surface area contributed by atoms with E-state index in [4.69, 9.17) is 17.3 Å². The molecule has 3 aromatic rings. The van der Waals surface area contributed by atoms with Crippen molar-refractivity contribution in [1.82, 2.24) is 9.97 Å². The number of halogens is 2. The van der Waals surface area contributed by atoms with Gasteiger partial charge in [0, 0.05) is 15.2 Å². The Kier molecular flexibility index (Phi) is 4.87. The van der Waals surface area contributed by atoms with Gasteiger partial charge in [-0.2, -0.15) is 0 Å². The fourth-order valence-corrected chi connectivity index (χ4v) is 2.70. The van der Waals surface area contributed by atoms with E-state index in [9.17, 15) is 0 Å². The number of benzene rings is 2. The number of hydrogen-bond acceptors (Lipinski definition) is 5. The van der Waals surface area contributed by atoms with Crippen LogP contribution in [0.1, 0.15) is 5.56 Å². The molecule has 0 aliphatic heterocycles. The van der Waals surface area contributed by atoms with E-state index in [0.717, 1.165) is 21.4 Å². The molecule has 5 nitrogen and oxygen atoms in total. The Labute approximate surface area is 153 Å². The minimum atomic E-state index is 0.424. The molecule has 0 fully saturated rings. The van der Waals surface area contributed by atoms with Crippen molar-refractivity contribution in [2.75, 3.05) is 16.4 Å².